The summed E-state index contributed by atoms with van der Waals surface area (Å²) in [5, 5.41) is 11.0. The first-order valence-corrected chi connectivity index (χ1v) is 9.24. The topological polar surface area (TPSA) is 69.6 Å². The first-order chi connectivity index (χ1) is 9.47. The Morgan fingerprint density at radius 1 is 1.55 bits per heavy atom. The average molecular weight is 318 g/mol. The first kappa shape index (κ1) is 15.9. The van der Waals surface area contributed by atoms with E-state index in [4.69, 9.17) is 0 Å². The van der Waals surface area contributed by atoms with Gasteiger partial charge in [0.05, 0.1) is 11.5 Å². The summed E-state index contributed by atoms with van der Waals surface area (Å²) >= 11 is 1.29. The van der Waals surface area contributed by atoms with Crippen molar-refractivity contribution in [3.63, 3.8) is 0 Å². The van der Waals surface area contributed by atoms with Gasteiger partial charge in [-0.25, -0.2) is 13.1 Å². The summed E-state index contributed by atoms with van der Waals surface area (Å²) in [5.41, 5.74) is 0.702. The minimum Gasteiger partial charge on any atom is -0.391 e. The fourth-order valence-electron chi connectivity index (χ4n) is 2.62. The Morgan fingerprint density at radius 3 is 2.90 bits per heavy atom. The molecule has 114 valence electrons. The SMILES string of the molecule is CCN1CCC(CNS(=O)(=O)c2c(C)csc2CO)C1. The number of hydrogen-bond donors (Lipinski definition) is 2. The maximum Gasteiger partial charge on any atom is 0.242 e. The lowest BCUT2D eigenvalue weighted by Crippen LogP contribution is -2.31. The fourth-order valence-corrected chi connectivity index (χ4v) is 5.40. The van der Waals surface area contributed by atoms with E-state index in [-0.39, 0.29) is 11.5 Å². The second-order valence-electron chi connectivity index (χ2n) is 5.23. The highest BCUT2D eigenvalue weighted by Gasteiger charge is 2.26. The van der Waals surface area contributed by atoms with Crippen LogP contribution in [-0.4, -0.2) is 44.6 Å². The van der Waals surface area contributed by atoms with E-state index in [1.54, 1.807) is 12.3 Å². The van der Waals surface area contributed by atoms with Gasteiger partial charge in [-0.15, -0.1) is 11.3 Å². The third-order valence-electron chi connectivity index (χ3n) is 3.78. The molecular formula is C13H22N2O3S2. The van der Waals surface area contributed by atoms with Crippen LogP contribution in [0, 0.1) is 12.8 Å². The number of rotatable bonds is 6. The van der Waals surface area contributed by atoms with Gasteiger partial charge in [0.2, 0.25) is 10.0 Å². The van der Waals surface area contributed by atoms with Crippen molar-refractivity contribution in [2.45, 2.75) is 31.8 Å². The van der Waals surface area contributed by atoms with Crippen LogP contribution in [0.25, 0.3) is 0 Å². The lowest BCUT2D eigenvalue weighted by molar-refractivity contribution is 0.282. The van der Waals surface area contributed by atoms with E-state index in [9.17, 15) is 13.5 Å². The third kappa shape index (κ3) is 3.40. The van der Waals surface area contributed by atoms with E-state index in [0.29, 0.717) is 22.9 Å². The fraction of sp³-hybridized carbons (Fsp3) is 0.692. The van der Waals surface area contributed by atoms with Gasteiger partial charge < -0.3 is 10.0 Å². The van der Waals surface area contributed by atoms with Crippen molar-refractivity contribution in [3.05, 3.63) is 15.8 Å². The second kappa shape index (κ2) is 6.53. The van der Waals surface area contributed by atoms with Crippen LogP contribution in [-0.2, 0) is 16.6 Å². The number of aliphatic hydroxyl groups excluding tert-OH is 1. The van der Waals surface area contributed by atoms with Crippen molar-refractivity contribution >= 4 is 21.4 Å². The summed E-state index contributed by atoms with van der Waals surface area (Å²) in [6.45, 7) is 7.13. The van der Waals surface area contributed by atoms with Gasteiger partial charge >= 0.3 is 0 Å². The van der Waals surface area contributed by atoms with Gasteiger partial charge in [0, 0.05) is 13.1 Å². The highest BCUT2D eigenvalue weighted by atomic mass is 32.2. The van der Waals surface area contributed by atoms with E-state index < -0.39 is 10.0 Å². The summed E-state index contributed by atoms with van der Waals surface area (Å²) in [5.74, 6) is 0.376. The molecular weight excluding hydrogens is 296 g/mol. The summed E-state index contributed by atoms with van der Waals surface area (Å²) in [4.78, 5) is 3.10. The van der Waals surface area contributed by atoms with Crippen LogP contribution in [0.1, 0.15) is 23.8 Å². The van der Waals surface area contributed by atoms with Crippen LogP contribution < -0.4 is 4.72 Å². The normalized spacial score (nSPS) is 20.6. The molecule has 1 aliphatic heterocycles. The summed E-state index contributed by atoms with van der Waals surface area (Å²) < 4.78 is 27.4. The van der Waals surface area contributed by atoms with Gasteiger partial charge in [-0.05, 0) is 43.3 Å². The molecule has 1 atom stereocenters. The first-order valence-electron chi connectivity index (χ1n) is 6.87. The number of likely N-dealkylation sites (tertiary alicyclic amines) is 1. The molecule has 7 heteroatoms. The van der Waals surface area contributed by atoms with Gasteiger partial charge in [-0.2, -0.15) is 0 Å². The molecule has 2 rings (SSSR count). The molecule has 2 heterocycles. The van der Waals surface area contributed by atoms with Gasteiger partial charge in [0.25, 0.3) is 0 Å². The number of thiophene rings is 1. The smallest absolute Gasteiger partial charge is 0.242 e. The van der Waals surface area contributed by atoms with E-state index in [0.717, 1.165) is 26.1 Å². The van der Waals surface area contributed by atoms with Crippen LogP contribution >= 0.6 is 11.3 Å². The molecule has 0 spiro atoms. The van der Waals surface area contributed by atoms with Crippen molar-refractivity contribution in [2.24, 2.45) is 5.92 Å². The Balaban J connectivity index is 2.03. The van der Waals surface area contributed by atoms with Gasteiger partial charge in [0.15, 0.2) is 0 Å². The largest absolute Gasteiger partial charge is 0.391 e. The predicted molar refractivity (Wildman–Crippen MR) is 80.4 cm³/mol. The Labute approximate surface area is 124 Å². The number of hydrogen-bond acceptors (Lipinski definition) is 5. The van der Waals surface area contributed by atoms with Crippen molar-refractivity contribution in [2.75, 3.05) is 26.2 Å². The van der Waals surface area contributed by atoms with Crippen molar-refractivity contribution in [3.8, 4) is 0 Å². The molecule has 0 radical (unpaired) electrons. The monoisotopic (exact) mass is 318 g/mol. The van der Waals surface area contributed by atoms with Crippen LogP contribution in [0.3, 0.4) is 0 Å². The number of aliphatic hydroxyl groups is 1. The molecule has 1 aromatic rings. The number of nitrogens with zero attached hydrogens (tertiary/aromatic N) is 1. The highest BCUT2D eigenvalue weighted by molar-refractivity contribution is 7.89. The van der Waals surface area contributed by atoms with Gasteiger partial charge in [-0.1, -0.05) is 6.92 Å². The van der Waals surface area contributed by atoms with Crippen LogP contribution in [0.5, 0.6) is 0 Å². The minimum atomic E-state index is -3.52. The van der Waals surface area contributed by atoms with E-state index in [1.807, 2.05) is 0 Å². The summed E-state index contributed by atoms with van der Waals surface area (Å²) in [7, 11) is -3.52. The highest BCUT2D eigenvalue weighted by Crippen LogP contribution is 2.27. The lowest BCUT2D eigenvalue weighted by Gasteiger charge is -2.14. The molecule has 20 heavy (non-hydrogen) atoms. The molecule has 1 aromatic heterocycles. The summed E-state index contributed by atoms with van der Waals surface area (Å²) in [6, 6.07) is 0. The summed E-state index contributed by atoms with van der Waals surface area (Å²) in [6.07, 6.45) is 1.03. The Morgan fingerprint density at radius 2 is 2.30 bits per heavy atom. The Hall–Kier alpha value is -0.470. The molecule has 0 bridgehead atoms. The third-order valence-corrected chi connectivity index (χ3v) is 6.65. The van der Waals surface area contributed by atoms with Crippen molar-refractivity contribution < 1.29 is 13.5 Å². The number of sulfonamides is 1. The molecule has 0 amide bonds. The zero-order chi connectivity index (χ0) is 14.8. The number of aryl methyl sites for hydroxylation is 1. The molecule has 0 saturated carbocycles. The molecule has 1 saturated heterocycles. The van der Waals surface area contributed by atoms with E-state index in [2.05, 4.69) is 16.5 Å². The maximum atomic E-state index is 12.4. The Bertz CT molecular complexity index is 554. The second-order valence-corrected chi connectivity index (χ2v) is 7.90. The van der Waals surface area contributed by atoms with E-state index >= 15 is 0 Å². The molecule has 5 nitrogen and oxygen atoms in total. The zero-order valence-corrected chi connectivity index (χ0v) is 13.6. The maximum absolute atomic E-state index is 12.4. The molecule has 2 N–H and O–H groups in total. The van der Waals surface area contributed by atoms with Gasteiger partial charge in [-0.3, -0.25) is 0 Å². The minimum absolute atomic E-state index is 0.234. The van der Waals surface area contributed by atoms with Crippen molar-refractivity contribution in [1.82, 2.24) is 9.62 Å². The van der Waals surface area contributed by atoms with Crippen LogP contribution in [0.15, 0.2) is 10.3 Å². The molecule has 0 aliphatic carbocycles. The standard InChI is InChI=1S/C13H22N2O3S2/c1-3-15-5-4-11(7-15)6-14-20(17,18)13-10(2)9-19-12(13)8-16/h9,11,14,16H,3-8H2,1-2H3. The van der Waals surface area contributed by atoms with E-state index in [1.165, 1.54) is 11.3 Å². The van der Waals surface area contributed by atoms with Crippen molar-refractivity contribution in [1.29, 1.82) is 0 Å². The average Bonchev–Trinajstić information content (AvgIpc) is 3.02. The van der Waals surface area contributed by atoms with Gasteiger partial charge in [0.1, 0.15) is 4.90 Å². The molecule has 1 unspecified atom stereocenters. The molecule has 1 aliphatic rings. The predicted octanol–water partition coefficient (Wildman–Crippen LogP) is 1.17. The molecule has 0 aromatic carbocycles. The lowest BCUT2D eigenvalue weighted by atomic mass is 10.1. The zero-order valence-electron chi connectivity index (χ0n) is 11.9. The van der Waals surface area contributed by atoms with Crippen LogP contribution in [0.2, 0.25) is 0 Å². The quantitative estimate of drug-likeness (QED) is 0.826. The number of nitrogens with one attached hydrogen (secondary N) is 1. The van der Waals surface area contributed by atoms with Crippen LogP contribution in [0.4, 0.5) is 0 Å². The molecule has 1 fully saturated rings. The Kier molecular flexibility index (Phi) is 5.19.